The molecule has 1 rings (SSSR count). The van der Waals surface area contributed by atoms with Gasteiger partial charge in [-0.1, -0.05) is 13.8 Å². The largest absolute Gasteiger partial charge is 0.363 e. The normalized spacial score (nSPS) is 10.6. The molecule has 0 saturated carbocycles. The van der Waals surface area contributed by atoms with Gasteiger partial charge in [0.15, 0.2) is 0 Å². The Labute approximate surface area is 122 Å². The fraction of sp³-hybridized carbons (Fsp3) is 0.583. The lowest BCUT2D eigenvalue weighted by molar-refractivity contribution is -0.394. The molecular formula is C12H19N5O4. The van der Waals surface area contributed by atoms with Crippen LogP contribution in [0.4, 0.5) is 17.2 Å². The monoisotopic (exact) mass is 297 g/mol. The smallest absolute Gasteiger partial charge is 0.318 e. The summed E-state index contributed by atoms with van der Waals surface area (Å²) < 4.78 is 0. The summed E-state index contributed by atoms with van der Waals surface area (Å²) in [4.78, 5) is 26.2. The summed E-state index contributed by atoms with van der Waals surface area (Å²) in [5, 5.41) is 24.4. The van der Waals surface area contributed by atoms with Crippen LogP contribution >= 0.6 is 0 Å². The number of aromatic nitrogens is 1. The van der Waals surface area contributed by atoms with Crippen molar-refractivity contribution in [3.05, 3.63) is 32.5 Å². The standard InChI is InChI=1S/C12H19N5O4/c1-3-6-15(4-2)7-5-13-12-11(17(20)21)8-10(9-14-12)16(18)19/h8-9H,3-7H2,1-2H3,(H,13,14). The highest BCUT2D eigenvalue weighted by Crippen LogP contribution is 2.25. The Balaban J connectivity index is 2.74. The van der Waals surface area contributed by atoms with Gasteiger partial charge in [-0.2, -0.15) is 0 Å². The van der Waals surface area contributed by atoms with Crippen molar-refractivity contribution in [2.45, 2.75) is 20.3 Å². The van der Waals surface area contributed by atoms with E-state index >= 15 is 0 Å². The van der Waals surface area contributed by atoms with Crippen LogP contribution in [0.15, 0.2) is 12.3 Å². The lowest BCUT2D eigenvalue weighted by Crippen LogP contribution is -2.29. The number of rotatable bonds is 9. The Morgan fingerprint density at radius 1 is 1.24 bits per heavy atom. The van der Waals surface area contributed by atoms with Gasteiger partial charge in [-0.25, -0.2) is 4.98 Å². The van der Waals surface area contributed by atoms with E-state index in [4.69, 9.17) is 0 Å². The zero-order valence-electron chi connectivity index (χ0n) is 12.1. The van der Waals surface area contributed by atoms with E-state index in [0.29, 0.717) is 6.54 Å². The highest BCUT2D eigenvalue weighted by molar-refractivity contribution is 5.59. The quantitative estimate of drug-likeness (QED) is 0.547. The Bertz CT molecular complexity index is 508. The molecule has 0 aliphatic rings. The number of anilines is 1. The van der Waals surface area contributed by atoms with Crippen LogP contribution in [0.2, 0.25) is 0 Å². The molecule has 0 bridgehead atoms. The van der Waals surface area contributed by atoms with Gasteiger partial charge in [-0.05, 0) is 19.5 Å². The number of hydrogen-bond donors (Lipinski definition) is 1. The third kappa shape index (κ3) is 4.95. The van der Waals surface area contributed by atoms with Crippen LogP contribution in [0.1, 0.15) is 20.3 Å². The maximum Gasteiger partial charge on any atom is 0.318 e. The van der Waals surface area contributed by atoms with Crippen molar-refractivity contribution in [1.82, 2.24) is 9.88 Å². The number of nitrogens with zero attached hydrogens (tertiary/aromatic N) is 4. The average molecular weight is 297 g/mol. The van der Waals surface area contributed by atoms with Crippen LogP contribution in [0.25, 0.3) is 0 Å². The summed E-state index contributed by atoms with van der Waals surface area (Å²) in [5.74, 6) is 0.0538. The number of hydrogen-bond acceptors (Lipinski definition) is 7. The predicted molar refractivity (Wildman–Crippen MR) is 78.4 cm³/mol. The fourth-order valence-corrected chi connectivity index (χ4v) is 1.89. The molecule has 0 fully saturated rings. The van der Waals surface area contributed by atoms with E-state index in [2.05, 4.69) is 22.1 Å². The Morgan fingerprint density at radius 3 is 2.48 bits per heavy atom. The first-order valence-corrected chi connectivity index (χ1v) is 6.74. The molecule has 1 N–H and O–H groups in total. The zero-order valence-corrected chi connectivity index (χ0v) is 12.1. The lowest BCUT2D eigenvalue weighted by Gasteiger charge is -2.19. The molecule has 0 radical (unpaired) electrons. The summed E-state index contributed by atoms with van der Waals surface area (Å²) in [6.45, 7) is 7.18. The maximum atomic E-state index is 10.9. The minimum Gasteiger partial charge on any atom is -0.363 e. The number of likely N-dealkylation sites (N-methyl/N-ethyl adjacent to an activating group) is 1. The SMILES string of the molecule is CCCN(CC)CCNc1ncc([N+](=O)[O-])cc1[N+](=O)[O-]. The van der Waals surface area contributed by atoms with Crippen molar-refractivity contribution in [3.8, 4) is 0 Å². The van der Waals surface area contributed by atoms with Crippen molar-refractivity contribution < 1.29 is 9.85 Å². The van der Waals surface area contributed by atoms with Gasteiger partial charge in [-0.3, -0.25) is 20.2 Å². The van der Waals surface area contributed by atoms with Crippen LogP contribution in [-0.2, 0) is 0 Å². The molecule has 9 heteroatoms. The minimum atomic E-state index is -0.705. The minimum absolute atomic E-state index is 0.0538. The molecule has 1 heterocycles. The van der Waals surface area contributed by atoms with Gasteiger partial charge in [0.2, 0.25) is 5.82 Å². The summed E-state index contributed by atoms with van der Waals surface area (Å²) in [7, 11) is 0. The molecule has 21 heavy (non-hydrogen) atoms. The molecule has 1 aromatic rings. The molecular weight excluding hydrogens is 278 g/mol. The first-order chi connectivity index (χ1) is 9.99. The third-order valence-electron chi connectivity index (χ3n) is 2.97. The first-order valence-electron chi connectivity index (χ1n) is 6.74. The number of pyridine rings is 1. The van der Waals surface area contributed by atoms with Crippen LogP contribution in [0.3, 0.4) is 0 Å². The van der Waals surface area contributed by atoms with Crippen LogP contribution in [-0.4, -0.2) is 45.9 Å². The second-order valence-corrected chi connectivity index (χ2v) is 4.44. The van der Waals surface area contributed by atoms with Gasteiger partial charge in [0.1, 0.15) is 6.20 Å². The summed E-state index contributed by atoms with van der Waals surface area (Å²) in [6, 6.07) is 0.916. The Kier molecular flexibility index (Phi) is 6.47. The van der Waals surface area contributed by atoms with Gasteiger partial charge < -0.3 is 10.2 Å². The van der Waals surface area contributed by atoms with Crippen LogP contribution in [0.5, 0.6) is 0 Å². The molecule has 0 aromatic carbocycles. The third-order valence-corrected chi connectivity index (χ3v) is 2.97. The van der Waals surface area contributed by atoms with Crippen molar-refractivity contribution in [2.24, 2.45) is 0 Å². The second kappa shape index (κ2) is 8.10. The molecule has 0 spiro atoms. The molecule has 9 nitrogen and oxygen atoms in total. The molecule has 0 aliphatic heterocycles. The maximum absolute atomic E-state index is 10.9. The van der Waals surface area contributed by atoms with Gasteiger partial charge in [-0.15, -0.1) is 0 Å². The topological polar surface area (TPSA) is 114 Å². The number of nitrogens with one attached hydrogen (secondary N) is 1. The van der Waals surface area contributed by atoms with E-state index in [1.807, 2.05) is 6.92 Å². The zero-order chi connectivity index (χ0) is 15.8. The van der Waals surface area contributed by atoms with E-state index in [0.717, 1.165) is 38.3 Å². The molecule has 1 aromatic heterocycles. The molecule has 116 valence electrons. The Morgan fingerprint density at radius 2 is 1.95 bits per heavy atom. The van der Waals surface area contributed by atoms with Gasteiger partial charge in [0, 0.05) is 13.1 Å². The molecule has 0 amide bonds. The van der Waals surface area contributed by atoms with Gasteiger partial charge in [0.05, 0.1) is 15.9 Å². The summed E-state index contributed by atoms with van der Waals surface area (Å²) in [6.07, 6.45) is 2.04. The molecule has 0 unspecified atom stereocenters. The van der Waals surface area contributed by atoms with Crippen molar-refractivity contribution in [2.75, 3.05) is 31.5 Å². The predicted octanol–water partition coefficient (Wildman–Crippen LogP) is 2.04. The Hall–Kier alpha value is -2.29. The molecule has 0 aliphatic carbocycles. The van der Waals surface area contributed by atoms with Gasteiger partial charge in [0.25, 0.3) is 5.69 Å². The van der Waals surface area contributed by atoms with E-state index in [-0.39, 0.29) is 11.5 Å². The number of nitro groups is 2. The van der Waals surface area contributed by atoms with E-state index < -0.39 is 15.5 Å². The average Bonchev–Trinajstić information content (AvgIpc) is 2.46. The highest BCUT2D eigenvalue weighted by atomic mass is 16.6. The lowest BCUT2D eigenvalue weighted by atomic mass is 10.3. The van der Waals surface area contributed by atoms with E-state index in [1.54, 1.807) is 0 Å². The molecule has 0 saturated heterocycles. The fourth-order valence-electron chi connectivity index (χ4n) is 1.89. The van der Waals surface area contributed by atoms with E-state index in [9.17, 15) is 20.2 Å². The van der Waals surface area contributed by atoms with Crippen molar-refractivity contribution in [3.63, 3.8) is 0 Å². The summed E-state index contributed by atoms with van der Waals surface area (Å²) in [5.41, 5.74) is -0.781. The second-order valence-electron chi connectivity index (χ2n) is 4.44. The summed E-state index contributed by atoms with van der Waals surface area (Å²) >= 11 is 0. The van der Waals surface area contributed by atoms with Crippen molar-refractivity contribution in [1.29, 1.82) is 0 Å². The van der Waals surface area contributed by atoms with E-state index in [1.165, 1.54) is 0 Å². The van der Waals surface area contributed by atoms with Gasteiger partial charge >= 0.3 is 5.69 Å². The first kappa shape index (κ1) is 16.8. The van der Waals surface area contributed by atoms with Crippen LogP contribution < -0.4 is 5.32 Å². The van der Waals surface area contributed by atoms with Crippen molar-refractivity contribution >= 4 is 17.2 Å². The highest BCUT2D eigenvalue weighted by Gasteiger charge is 2.20. The van der Waals surface area contributed by atoms with Crippen LogP contribution in [0, 0.1) is 20.2 Å². The molecule has 0 atom stereocenters.